The average molecular weight is 171 g/mol. The number of aliphatic imine (C=N–C) groups is 1. The second kappa shape index (κ2) is 4.85. The smallest absolute Gasteiger partial charge is 0.121 e. The molecule has 60 valence electrons. The molecular weight excluding hydrogens is 160 g/mol. The highest BCUT2D eigenvalue weighted by Gasteiger charge is 1.85. The van der Waals surface area contributed by atoms with Gasteiger partial charge in [-0.25, -0.2) is 0 Å². The van der Waals surface area contributed by atoms with Crippen molar-refractivity contribution >= 4 is 23.0 Å². The fourth-order valence-electron chi connectivity index (χ4n) is 0.449. The summed E-state index contributed by atoms with van der Waals surface area (Å²) in [6.45, 7) is 7.22. The van der Waals surface area contributed by atoms with Crippen LogP contribution in [0.5, 0.6) is 0 Å². The highest BCUT2D eigenvalue weighted by Crippen LogP contribution is 1.94. The molecule has 0 amide bonds. The largest absolute Gasteiger partial charge is 0.289 e. The van der Waals surface area contributed by atoms with Crippen LogP contribution in [0.1, 0.15) is 13.8 Å². The number of rotatable bonds is 3. The van der Waals surface area contributed by atoms with E-state index < -0.39 is 0 Å². The quantitative estimate of drug-likeness (QED) is 0.633. The van der Waals surface area contributed by atoms with Crippen molar-refractivity contribution < 1.29 is 0 Å². The monoisotopic (exact) mass is 170 g/mol. The van der Waals surface area contributed by atoms with E-state index >= 15 is 0 Å². The summed E-state index contributed by atoms with van der Waals surface area (Å²) in [7, 11) is 0. The fourth-order valence-corrected chi connectivity index (χ4v) is 0.621. The molecule has 11 heavy (non-hydrogen) atoms. The molecule has 0 rings (SSSR count). The van der Waals surface area contributed by atoms with Crippen LogP contribution in [-0.2, 0) is 0 Å². The van der Waals surface area contributed by atoms with Crippen molar-refractivity contribution in [2.75, 3.05) is 0 Å². The summed E-state index contributed by atoms with van der Waals surface area (Å²) in [4.78, 5) is 3.93. The Labute approximate surface area is 71.8 Å². The van der Waals surface area contributed by atoms with E-state index in [1.54, 1.807) is 13.1 Å². The first kappa shape index (κ1) is 10.1. The van der Waals surface area contributed by atoms with E-state index in [0.29, 0.717) is 0 Å². The molecule has 0 aliphatic heterocycles. The zero-order valence-electron chi connectivity index (χ0n) is 6.69. The molecular formula is C8H11ClN2. The third-order valence-corrected chi connectivity index (χ3v) is 0.952. The maximum atomic E-state index is 6.92. The van der Waals surface area contributed by atoms with Gasteiger partial charge < -0.3 is 0 Å². The van der Waals surface area contributed by atoms with E-state index in [2.05, 4.69) is 11.6 Å². The molecule has 0 spiro atoms. The molecule has 0 aromatic carbocycles. The van der Waals surface area contributed by atoms with Crippen molar-refractivity contribution in [2.45, 2.75) is 13.8 Å². The number of nitrogens with one attached hydrogen (secondary N) is 1. The molecule has 0 aromatic heterocycles. The molecule has 0 fully saturated rings. The van der Waals surface area contributed by atoms with Gasteiger partial charge in [0.25, 0.3) is 0 Å². The van der Waals surface area contributed by atoms with Crippen molar-refractivity contribution in [3.8, 4) is 0 Å². The van der Waals surface area contributed by atoms with Crippen LogP contribution in [0, 0.1) is 5.41 Å². The van der Waals surface area contributed by atoms with Crippen LogP contribution in [0.2, 0.25) is 0 Å². The van der Waals surface area contributed by atoms with Gasteiger partial charge >= 0.3 is 0 Å². The number of halogens is 1. The second-order valence-electron chi connectivity index (χ2n) is 2.23. The Morgan fingerprint density at radius 3 is 2.45 bits per heavy atom. The van der Waals surface area contributed by atoms with Crippen LogP contribution in [0.4, 0.5) is 0 Å². The van der Waals surface area contributed by atoms with Crippen molar-refractivity contribution in [1.82, 2.24) is 0 Å². The molecule has 0 aliphatic carbocycles. The molecule has 0 aliphatic rings. The molecule has 0 saturated carbocycles. The highest BCUT2D eigenvalue weighted by molar-refractivity contribution is 6.67. The Bertz CT molecular complexity index is 226. The number of hydrogen-bond donors (Lipinski definition) is 1. The third-order valence-electron chi connectivity index (χ3n) is 0.843. The van der Waals surface area contributed by atoms with Crippen LogP contribution in [0.25, 0.3) is 0 Å². The highest BCUT2D eigenvalue weighted by atomic mass is 35.5. The minimum atomic E-state index is 0.00988. The van der Waals surface area contributed by atoms with Gasteiger partial charge in [0.15, 0.2) is 0 Å². The second-order valence-corrected chi connectivity index (χ2v) is 2.64. The zero-order valence-corrected chi connectivity index (χ0v) is 7.44. The van der Waals surface area contributed by atoms with E-state index in [4.69, 9.17) is 17.0 Å². The first-order valence-electron chi connectivity index (χ1n) is 3.14. The minimum absolute atomic E-state index is 0.00988. The van der Waals surface area contributed by atoms with Gasteiger partial charge in [0.2, 0.25) is 0 Å². The first-order chi connectivity index (χ1) is 5.02. The first-order valence-corrected chi connectivity index (χ1v) is 3.52. The van der Waals surface area contributed by atoms with Gasteiger partial charge in [0.1, 0.15) is 5.17 Å². The van der Waals surface area contributed by atoms with Gasteiger partial charge in [-0.3, -0.25) is 10.4 Å². The molecule has 0 aromatic rings. The van der Waals surface area contributed by atoms with Crippen molar-refractivity contribution in [3.05, 3.63) is 23.9 Å². The lowest BCUT2D eigenvalue weighted by molar-refractivity contribution is 1.33. The van der Waals surface area contributed by atoms with E-state index in [1.807, 2.05) is 6.92 Å². The van der Waals surface area contributed by atoms with Crippen LogP contribution < -0.4 is 0 Å². The normalized spacial score (nSPS) is 12.1. The predicted molar refractivity (Wildman–Crippen MR) is 50.6 cm³/mol. The maximum absolute atomic E-state index is 6.92. The summed E-state index contributed by atoms with van der Waals surface area (Å²) in [5.74, 6) is 0. The van der Waals surface area contributed by atoms with E-state index in [0.717, 1.165) is 11.3 Å². The van der Waals surface area contributed by atoms with Gasteiger partial charge in [-0.2, -0.15) is 0 Å². The Morgan fingerprint density at radius 2 is 2.09 bits per heavy atom. The third kappa shape index (κ3) is 7.00. The summed E-state index contributed by atoms with van der Waals surface area (Å²) in [6, 6.07) is 0. The topological polar surface area (TPSA) is 36.2 Å². The summed E-state index contributed by atoms with van der Waals surface area (Å²) in [5.41, 5.74) is 1.58. The minimum Gasteiger partial charge on any atom is -0.289 e. The average Bonchev–Trinajstić information content (AvgIpc) is 1.82. The van der Waals surface area contributed by atoms with Crippen molar-refractivity contribution in [3.63, 3.8) is 0 Å². The van der Waals surface area contributed by atoms with E-state index in [-0.39, 0.29) is 5.17 Å². The van der Waals surface area contributed by atoms with Crippen LogP contribution in [0.3, 0.4) is 0 Å². The van der Waals surface area contributed by atoms with Gasteiger partial charge in [0, 0.05) is 11.9 Å². The number of hydrogen-bond acceptors (Lipinski definition) is 2. The molecule has 0 saturated heterocycles. The van der Waals surface area contributed by atoms with Gasteiger partial charge in [0.05, 0.1) is 0 Å². The van der Waals surface area contributed by atoms with Crippen LogP contribution in [0.15, 0.2) is 28.9 Å². The molecule has 0 atom stereocenters. The van der Waals surface area contributed by atoms with Crippen LogP contribution >= 0.6 is 11.6 Å². The number of nitrogens with zero attached hydrogens (tertiary/aromatic N) is 1. The summed E-state index contributed by atoms with van der Waals surface area (Å²) in [6.07, 6.45) is 3.15. The van der Waals surface area contributed by atoms with E-state index in [1.165, 1.54) is 6.08 Å². The Morgan fingerprint density at radius 1 is 1.55 bits per heavy atom. The number of allylic oxidation sites excluding steroid dienone is 3. The SMILES string of the molecule is C=C(C)/N=C/C(C)=C\C(=N)Cl. The standard InChI is InChI=1S/C8H11ClN2/c1-6(2)11-5-7(3)4-8(9)10/h4-5,10H,1H2,2-3H3/b7-4-,10-8?,11-5+. The summed E-state index contributed by atoms with van der Waals surface area (Å²) < 4.78 is 0. The Kier molecular flexibility index (Phi) is 4.46. The van der Waals surface area contributed by atoms with Gasteiger partial charge in [-0.05, 0) is 25.5 Å². The summed E-state index contributed by atoms with van der Waals surface area (Å²) >= 11 is 5.31. The molecule has 3 heteroatoms. The van der Waals surface area contributed by atoms with Crippen molar-refractivity contribution in [1.29, 1.82) is 5.41 Å². The predicted octanol–water partition coefficient (Wildman–Crippen LogP) is 2.75. The zero-order chi connectivity index (χ0) is 8.85. The van der Waals surface area contributed by atoms with Crippen molar-refractivity contribution in [2.24, 2.45) is 4.99 Å². The fraction of sp³-hybridized carbons (Fsp3) is 0.250. The lowest BCUT2D eigenvalue weighted by Gasteiger charge is -1.89. The maximum Gasteiger partial charge on any atom is 0.121 e. The van der Waals surface area contributed by atoms with Gasteiger partial charge in [-0.15, -0.1) is 0 Å². The molecule has 0 heterocycles. The lowest BCUT2D eigenvalue weighted by Crippen LogP contribution is -1.82. The Balaban J connectivity index is 4.17. The van der Waals surface area contributed by atoms with Crippen LogP contribution in [-0.4, -0.2) is 11.4 Å². The molecule has 0 bridgehead atoms. The van der Waals surface area contributed by atoms with Gasteiger partial charge in [-0.1, -0.05) is 18.2 Å². The molecule has 0 radical (unpaired) electrons. The lowest BCUT2D eigenvalue weighted by atomic mass is 10.3. The Hall–Kier alpha value is -0.890. The molecule has 1 N–H and O–H groups in total. The summed E-state index contributed by atoms with van der Waals surface area (Å²) in [5, 5.41) is 6.93. The van der Waals surface area contributed by atoms with E-state index in [9.17, 15) is 0 Å². The molecule has 0 unspecified atom stereocenters. The molecule has 2 nitrogen and oxygen atoms in total.